The quantitative estimate of drug-likeness (QED) is 0.458. The fraction of sp³-hybridized carbons (Fsp3) is 0. The van der Waals surface area contributed by atoms with E-state index in [0.29, 0.717) is 0 Å². The number of hydrogen-bond donors (Lipinski definition) is 0. The predicted molar refractivity (Wildman–Crippen MR) is 68.3 cm³/mol. The summed E-state index contributed by atoms with van der Waals surface area (Å²) in [5.41, 5.74) is 2.03. The Morgan fingerprint density at radius 1 is 0.765 bits per heavy atom. The molecule has 2 heteroatoms. The van der Waals surface area contributed by atoms with Gasteiger partial charge in [0.15, 0.2) is 12.4 Å². The summed E-state index contributed by atoms with van der Waals surface area (Å²) in [6.45, 7) is 0. The summed E-state index contributed by atoms with van der Waals surface area (Å²) in [5, 5.41) is 13.7. The van der Waals surface area contributed by atoms with Crippen molar-refractivity contribution < 1.29 is 4.73 Å². The maximum atomic E-state index is 11.6. The van der Waals surface area contributed by atoms with Gasteiger partial charge in [0.2, 0.25) is 0 Å². The second-order valence-corrected chi connectivity index (χ2v) is 3.99. The second kappa shape index (κ2) is 3.91. The van der Waals surface area contributed by atoms with E-state index >= 15 is 0 Å². The maximum absolute atomic E-state index is 11.6. The Morgan fingerprint density at radius 2 is 1.47 bits per heavy atom. The molecule has 0 spiro atoms. The molecule has 1 heterocycles. The highest BCUT2D eigenvalue weighted by molar-refractivity contribution is 5.94. The van der Waals surface area contributed by atoms with Crippen molar-refractivity contribution in [2.75, 3.05) is 0 Å². The molecule has 0 bridgehead atoms. The number of hydrogen-bond acceptors (Lipinski definition) is 1. The first-order valence-corrected chi connectivity index (χ1v) is 5.51. The molecule has 17 heavy (non-hydrogen) atoms. The van der Waals surface area contributed by atoms with Crippen molar-refractivity contribution in [1.82, 2.24) is 0 Å². The van der Waals surface area contributed by atoms with E-state index in [9.17, 15) is 5.21 Å². The van der Waals surface area contributed by atoms with Gasteiger partial charge in [0.1, 0.15) is 0 Å². The van der Waals surface area contributed by atoms with Gasteiger partial charge in [-0.25, -0.2) is 0 Å². The van der Waals surface area contributed by atoms with Crippen LogP contribution in [0.3, 0.4) is 0 Å². The van der Waals surface area contributed by atoms with E-state index in [2.05, 4.69) is 0 Å². The molecule has 0 aliphatic heterocycles. The molecular formula is C15H11NO. The maximum Gasteiger partial charge on any atom is 0.188 e. The molecule has 0 N–H and O–H groups in total. The van der Waals surface area contributed by atoms with Gasteiger partial charge in [-0.05, 0) is 11.6 Å². The molecule has 0 fully saturated rings. The molecule has 0 saturated heterocycles. The van der Waals surface area contributed by atoms with Crippen LogP contribution in [0.1, 0.15) is 0 Å². The average Bonchev–Trinajstić information content (AvgIpc) is 2.39. The fourth-order valence-corrected chi connectivity index (χ4v) is 2.07. The van der Waals surface area contributed by atoms with Crippen molar-refractivity contribution in [2.24, 2.45) is 0 Å². The van der Waals surface area contributed by atoms with Gasteiger partial charge in [0.25, 0.3) is 0 Å². The minimum absolute atomic E-state index is 0.866. The monoisotopic (exact) mass is 221 g/mol. The highest BCUT2D eigenvalue weighted by Gasteiger charge is 2.07. The Kier molecular flexibility index (Phi) is 2.26. The lowest BCUT2D eigenvalue weighted by molar-refractivity contribution is -0.603. The third-order valence-electron chi connectivity index (χ3n) is 2.86. The molecule has 0 saturated carbocycles. The van der Waals surface area contributed by atoms with E-state index in [1.165, 1.54) is 0 Å². The number of nitrogens with zero attached hydrogens (tertiary/aromatic N) is 1. The zero-order valence-electron chi connectivity index (χ0n) is 9.21. The number of pyridine rings is 1. The predicted octanol–water partition coefficient (Wildman–Crippen LogP) is 3.14. The average molecular weight is 221 g/mol. The van der Waals surface area contributed by atoms with Crippen LogP contribution in [0, 0.1) is 5.21 Å². The van der Waals surface area contributed by atoms with E-state index < -0.39 is 0 Å². The third-order valence-corrected chi connectivity index (χ3v) is 2.86. The van der Waals surface area contributed by atoms with E-state index in [0.717, 1.165) is 26.6 Å². The smallest absolute Gasteiger partial charge is 0.188 e. The van der Waals surface area contributed by atoms with Crippen molar-refractivity contribution in [3.8, 4) is 11.1 Å². The van der Waals surface area contributed by atoms with Gasteiger partial charge in [-0.3, -0.25) is 0 Å². The third kappa shape index (κ3) is 1.74. The van der Waals surface area contributed by atoms with Gasteiger partial charge in [0, 0.05) is 10.8 Å². The van der Waals surface area contributed by atoms with Gasteiger partial charge in [-0.15, -0.1) is 0 Å². The molecule has 3 rings (SSSR count). The zero-order valence-corrected chi connectivity index (χ0v) is 9.21. The molecule has 82 valence electrons. The van der Waals surface area contributed by atoms with Crippen LogP contribution in [-0.4, -0.2) is 0 Å². The highest BCUT2D eigenvalue weighted by atomic mass is 16.5. The minimum atomic E-state index is 0.866. The fourth-order valence-electron chi connectivity index (χ4n) is 2.07. The van der Waals surface area contributed by atoms with Crippen LogP contribution in [0.4, 0.5) is 0 Å². The van der Waals surface area contributed by atoms with E-state index in [-0.39, 0.29) is 0 Å². The summed E-state index contributed by atoms with van der Waals surface area (Å²) >= 11 is 0. The Morgan fingerprint density at radius 3 is 2.29 bits per heavy atom. The summed E-state index contributed by atoms with van der Waals surface area (Å²) in [7, 11) is 0. The van der Waals surface area contributed by atoms with Gasteiger partial charge in [-0.2, -0.15) is 4.73 Å². The molecule has 2 nitrogen and oxygen atoms in total. The van der Waals surface area contributed by atoms with Gasteiger partial charge in [0.05, 0.1) is 5.56 Å². The Labute approximate surface area is 99.3 Å². The summed E-state index contributed by atoms with van der Waals surface area (Å²) in [6.07, 6.45) is 3.22. The molecule has 0 amide bonds. The summed E-state index contributed by atoms with van der Waals surface area (Å²) in [5.74, 6) is 0. The lowest BCUT2D eigenvalue weighted by Gasteiger charge is -2.06. The van der Waals surface area contributed by atoms with Crippen LogP contribution in [0.15, 0.2) is 67.0 Å². The molecule has 3 aromatic rings. The van der Waals surface area contributed by atoms with Crippen molar-refractivity contribution in [3.63, 3.8) is 0 Å². The van der Waals surface area contributed by atoms with Crippen molar-refractivity contribution >= 4 is 10.8 Å². The van der Waals surface area contributed by atoms with Gasteiger partial charge >= 0.3 is 0 Å². The van der Waals surface area contributed by atoms with Gasteiger partial charge < -0.3 is 5.21 Å². The van der Waals surface area contributed by atoms with Crippen LogP contribution in [0.5, 0.6) is 0 Å². The number of fused-ring (bicyclic) bond motifs is 1. The normalized spacial score (nSPS) is 10.6. The summed E-state index contributed by atoms with van der Waals surface area (Å²) < 4.78 is 0.866. The molecular weight excluding hydrogens is 210 g/mol. The summed E-state index contributed by atoms with van der Waals surface area (Å²) in [6, 6.07) is 17.9. The first-order valence-electron chi connectivity index (χ1n) is 5.51. The Hall–Kier alpha value is -2.35. The molecule has 2 aromatic carbocycles. The molecule has 0 radical (unpaired) electrons. The van der Waals surface area contributed by atoms with Crippen LogP contribution in [-0.2, 0) is 0 Å². The highest BCUT2D eigenvalue weighted by Crippen LogP contribution is 2.26. The van der Waals surface area contributed by atoms with E-state index in [1.807, 2.05) is 54.6 Å². The van der Waals surface area contributed by atoms with Crippen molar-refractivity contribution in [1.29, 1.82) is 0 Å². The molecule has 1 aromatic heterocycles. The minimum Gasteiger partial charge on any atom is -0.619 e. The SMILES string of the molecule is [O-][n+]1cc(-c2ccccc2)c2ccccc2c1. The molecule has 0 aliphatic carbocycles. The largest absolute Gasteiger partial charge is 0.619 e. The first-order chi connectivity index (χ1) is 8.34. The standard InChI is InChI=1S/C15H11NO/c17-16-10-13-8-4-5-9-14(13)15(11-16)12-6-2-1-3-7-12/h1-11H. The Bertz CT molecular complexity index is 662. The molecule has 0 unspecified atom stereocenters. The van der Waals surface area contributed by atoms with E-state index in [4.69, 9.17) is 0 Å². The van der Waals surface area contributed by atoms with E-state index in [1.54, 1.807) is 12.4 Å². The lowest BCUT2D eigenvalue weighted by atomic mass is 10.0. The summed E-state index contributed by atoms with van der Waals surface area (Å²) in [4.78, 5) is 0. The van der Waals surface area contributed by atoms with Crippen LogP contribution >= 0.6 is 0 Å². The van der Waals surface area contributed by atoms with Crippen LogP contribution in [0.2, 0.25) is 0 Å². The van der Waals surface area contributed by atoms with Gasteiger partial charge in [-0.1, -0.05) is 48.5 Å². The number of benzene rings is 2. The molecule has 0 atom stereocenters. The lowest BCUT2D eigenvalue weighted by Crippen LogP contribution is -2.24. The topological polar surface area (TPSA) is 26.9 Å². The Balaban J connectivity index is 2.36. The van der Waals surface area contributed by atoms with Crippen molar-refractivity contribution in [2.45, 2.75) is 0 Å². The first kappa shape index (κ1) is 9.85. The number of rotatable bonds is 1. The van der Waals surface area contributed by atoms with Crippen LogP contribution < -0.4 is 4.73 Å². The second-order valence-electron chi connectivity index (χ2n) is 3.99. The number of aromatic nitrogens is 1. The molecule has 0 aliphatic rings. The van der Waals surface area contributed by atoms with Crippen molar-refractivity contribution in [3.05, 3.63) is 72.2 Å². The van der Waals surface area contributed by atoms with Crippen LogP contribution in [0.25, 0.3) is 21.9 Å². The zero-order chi connectivity index (χ0) is 11.7.